The second-order valence-corrected chi connectivity index (χ2v) is 5.84. The maximum Gasteiger partial charge on any atom is 0.187 e. The van der Waals surface area contributed by atoms with Gasteiger partial charge in [-0.05, 0) is 59.7 Å². The molecule has 5 nitrogen and oxygen atoms in total. The molecule has 0 aliphatic rings. The number of aromatic nitrogens is 4. The number of nitrogen functional groups attached to an aromatic ring is 1. The number of nitrogens with two attached hydrogens (primary N) is 1. The van der Waals surface area contributed by atoms with Crippen molar-refractivity contribution >= 4 is 21.6 Å². The average Bonchev–Trinajstić information content (AvgIpc) is 2.92. The van der Waals surface area contributed by atoms with Crippen LogP contribution in [0.4, 0.5) is 5.69 Å². The Bertz CT molecular complexity index is 810. The smallest absolute Gasteiger partial charge is 0.187 e. The minimum Gasteiger partial charge on any atom is -0.398 e. The Morgan fingerprint density at radius 1 is 1.14 bits per heavy atom. The van der Waals surface area contributed by atoms with Gasteiger partial charge >= 0.3 is 0 Å². The normalized spacial score (nSPS) is 10.8. The first-order valence-electron chi connectivity index (χ1n) is 6.47. The largest absolute Gasteiger partial charge is 0.398 e. The van der Waals surface area contributed by atoms with Gasteiger partial charge in [0.15, 0.2) is 5.82 Å². The van der Waals surface area contributed by atoms with Gasteiger partial charge in [-0.1, -0.05) is 28.1 Å². The molecule has 0 fully saturated rings. The number of tetrazole rings is 1. The molecule has 1 heterocycles. The minimum absolute atomic E-state index is 0.672. The zero-order valence-electron chi connectivity index (χ0n) is 11.7. The van der Waals surface area contributed by atoms with Gasteiger partial charge in [-0.15, -0.1) is 5.10 Å². The topological polar surface area (TPSA) is 69.6 Å². The van der Waals surface area contributed by atoms with E-state index in [1.165, 1.54) is 0 Å². The van der Waals surface area contributed by atoms with Crippen LogP contribution in [0.2, 0.25) is 0 Å². The molecule has 0 radical (unpaired) electrons. The molecule has 21 heavy (non-hydrogen) atoms. The fourth-order valence-corrected chi connectivity index (χ4v) is 2.70. The van der Waals surface area contributed by atoms with E-state index in [-0.39, 0.29) is 0 Å². The third kappa shape index (κ3) is 2.54. The van der Waals surface area contributed by atoms with Crippen LogP contribution in [0.25, 0.3) is 17.1 Å². The summed E-state index contributed by atoms with van der Waals surface area (Å²) in [4.78, 5) is 0. The van der Waals surface area contributed by atoms with Gasteiger partial charge in [0.2, 0.25) is 0 Å². The molecular formula is C15H14BrN5. The first-order valence-corrected chi connectivity index (χ1v) is 7.27. The Morgan fingerprint density at radius 3 is 2.71 bits per heavy atom. The summed E-state index contributed by atoms with van der Waals surface area (Å²) in [6.45, 7) is 4.00. The summed E-state index contributed by atoms with van der Waals surface area (Å²) < 4.78 is 2.63. The molecule has 0 aliphatic carbocycles. The summed E-state index contributed by atoms with van der Waals surface area (Å²) in [5.41, 5.74) is 10.7. The Kier molecular flexibility index (Phi) is 3.47. The lowest BCUT2D eigenvalue weighted by atomic mass is 10.1. The lowest BCUT2D eigenvalue weighted by Gasteiger charge is -2.10. The van der Waals surface area contributed by atoms with Gasteiger partial charge < -0.3 is 5.73 Å². The Morgan fingerprint density at radius 2 is 1.95 bits per heavy atom. The summed E-state index contributed by atoms with van der Waals surface area (Å²) in [5, 5.41) is 12.1. The lowest BCUT2D eigenvalue weighted by Crippen LogP contribution is -2.02. The molecule has 0 atom stereocenters. The van der Waals surface area contributed by atoms with E-state index >= 15 is 0 Å². The second kappa shape index (κ2) is 5.29. The monoisotopic (exact) mass is 343 g/mol. The van der Waals surface area contributed by atoms with Gasteiger partial charge in [0, 0.05) is 15.7 Å². The molecule has 0 saturated heterocycles. The van der Waals surface area contributed by atoms with Crippen molar-refractivity contribution in [1.29, 1.82) is 0 Å². The van der Waals surface area contributed by atoms with Crippen LogP contribution in [-0.4, -0.2) is 20.2 Å². The summed E-state index contributed by atoms with van der Waals surface area (Å²) in [6, 6.07) is 11.9. The fraction of sp³-hybridized carbons (Fsp3) is 0.133. The van der Waals surface area contributed by atoms with Crippen molar-refractivity contribution in [3.8, 4) is 17.1 Å². The molecule has 0 aliphatic heterocycles. The van der Waals surface area contributed by atoms with Gasteiger partial charge in [0.25, 0.3) is 0 Å². The van der Waals surface area contributed by atoms with Crippen molar-refractivity contribution in [2.45, 2.75) is 13.8 Å². The number of halogens is 1. The van der Waals surface area contributed by atoms with E-state index in [1.807, 2.05) is 50.2 Å². The number of hydrogen-bond donors (Lipinski definition) is 1. The molecule has 6 heteroatoms. The molecule has 2 aromatic carbocycles. The van der Waals surface area contributed by atoms with Crippen LogP contribution in [0.5, 0.6) is 0 Å². The standard InChI is InChI=1S/C15H14BrN5/c1-9-4-3-5-12(6-9)21-15(18-19-20-21)13-7-11(16)8-14(17)10(13)2/h3-8H,17H2,1-2H3. The highest BCUT2D eigenvalue weighted by molar-refractivity contribution is 9.10. The van der Waals surface area contributed by atoms with E-state index in [9.17, 15) is 0 Å². The quantitative estimate of drug-likeness (QED) is 0.725. The predicted octanol–water partition coefficient (Wildman–Crippen LogP) is 3.29. The maximum absolute atomic E-state index is 6.03. The van der Waals surface area contributed by atoms with E-state index < -0.39 is 0 Å². The van der Waals surface area contributed by atoms with Crippen molar-refractivity contribution in [2.24, 2.45) is 0 Å². The van der Waals surface area contributed by atoms with Gasteiger partial charge in [-0.25, -0.2) is 0 Å². The van der Waals surface area contributed by atoms with E-state index in [0.717, 1.165) is 26.9 Å². The number of benzene rings is 2. The highest BCUT2D eigenvalue weighted by atomic mass is 79.9. The molecule has 3 rings (SSSR count). The molecule has 106 valence electrons. The van der Waals surface area contributed by atoms with Crippen LogP contribution in [0, 0.1) is 13.8 Å². The Labute approximate surface area is 130 Å². The number of nitrogens with zero attached hydrogens (tertiary/aromatic N) is 4. The van der Waals surface area contributed by atoms with Gasteiger partial charge in [0.05, 0.1) is 5.69 Å². The predicted molar refractivity (Wildman–Crippen MR) is 86.2 cm³/mol. The van der Waals surface area contributed by atoms with E-state index in [2.05, 4.69) is 31.5 Å². The first kappa shape index (κ1) is 13.8. The molecule has 0 unspecified atom stereocenters. The SMILES string of the molecule is Cc1cccc(-n2nnnc2-c2cc(Br)cc(N)c2C)c1. The molecule has 0 spiro atoms. The second-order valence-electron chi connectivity index (χ2n) is 4.92. The first-order chi connectivity index (χ1) is 10.1. The summed E-state index contributed by atoms with van der Waals surface area (Å²) >= 11 is 3.47. The van der Waals surface area contributed by atoms with Crippen LogP contribution in [0.1, 0.15) is 11.1 Å². The van der Waals surface area contributed by atoms with Gasteiger partial charge in [-0.3, -0.25) is 0 Å². The third-order valence-electron chi connectivity index (χ3n) is 3.37. The molecule has 3 aromatic rings. The van der Waals surface area contributed by atoms with Crippen LogP contribution < -0.4 is 5.73 Å². The Hall–Kier alpha value is -2.21. The zero-order valence-corrected chi connectivity index (χ0v) is 13.3. The zero-order chi connectivity index (χ0) is 15.0. The minimum atomic E-state index is 0.672. The number of hydrogen-bond acceptors (Lipinski definition) is 4. The number of rotatable bonds is 2. The van der Waals surface area contributed by atoms with E-state index in [0.29, 0.717) is 11.5 Å². The van der Waals surface area contributed by atoms with Gasteiger partial charge in [-0.2, -0.15) is 4.68 Å². The molecular weight excluding hydrogens is 330 g/mol. The van der Waals surface area contributed by atoms with E-state index in [1.54, 1.807) is 4.68 Å². The van der Waals surface area contributed by atoms with Crippen molar-refractivity contribution in [1.82, 2.24) is 20.2 Å². The fourth-order valence-electron chi connectivity index (χ4n) is 2.22. The molecule has 1 aromatic heterocycles. The molecule has 0 saturated carbocycles. The molecule has 0 amide bonds. The highest BCUT2D eigenvalue weighted by Crippen LogP contribution is 2.30. The van der Waals surface area contributed by atoms with Crippen LogP contribution in [0.15, 0.2) is 40.9 Å². The van der Waals surface area contributed by atoms with Crippen molar-refractivity contribution < 1.29 is 0 Å². The number of anilines is 1. The summed E-state index contributed by atoms with van der Waals surface area (Å²) in [6.07, 6.45) is 0. The third-order valence-corrected chi connectivity index (χ3v) is 3.83. The summed E-state index contributed by atoms with van der Waals surface area (Å²) in [5.74, 6) is 0.672. The lowest BCUT2D eigenvalue weighted by molar-refractivity contribution is 0.790. The van der Waals surface area contributed by atoms with Crippen LogP contribution in [-0.2, 0) is 0 Å². The Balaban J connectivity index is 2.20. The average molecular weight is 344 g/mol. The van der Waals surface area contributed by atoms with E-state index in [4.69, 9.17) is 5.73 Å². The summed E-state index contributed by atoms with van der Waals surface area (Å²) in [7, 11) is 0. The number of aryl methyl sites for hydroxylation is 1. The van der Waals surface area contributed by atoms with Crippen molar-refractivity contribution in [3.63, 3.8) is 0 Å². The van der Waals surface area contributed by atoms with Crippen LogP contribution in [0.3, 0.4) is 0 Å². The molecule has 2 N–H and O–H groups in total. The van der Waals surface area contributed by atoms with Gasteiger partial charge in [0.1, 0.15) is 0 Å². The van der Waals surface area contributed by atoms with Crippen LogP contribution >= 0.6 is 15.9 Å². The maximum atomic E-state index is 6.03. The van der Waals surface area contributed by atoms with Crippen molar-refractivity contribution in [3.05, 3.63) is 52.0 Å². The highest BCUT2D eigenvalue weighted by Gasteiger charge is 2.15. The molecule has 0 bridgehead atoms. The van der Waals surface area contributed by atoms with Crippen molar-refractivity contribution in [2.75, 3.05) is 5.73 Å².